The van der Waals surface area contributed by atoms with Crippen molar-refractivity contribution in [2.24, 2.45) is 0 Å². The summed E-state index contributed by atoms with van der Waals surface area (Å²) in [5.41, 5.74) is 1.65. The van der Waals surface area contributed by atoms with Crippen molar-refractivity contribution < 1.29 is 39.6 Å². The van der Waals surface area contributed by atoms with Crippen LogP contribution in [0.3, 0.4) is 0 Å². The largest absolute Gasteiger partial charge is 0.416 e. The van der Waals surface area contributed by atoms with E-state index in [9.17, 15) is 39.6 Å². The van der Waals surface area contributed by atoms with Gasteiger partial charge in [-0.2, -0.15) is 31.1 Å². The number of carbonyl (C=O) groups is 1. The molecule has 0 spiro atoms. The average molecular weight is 606 g/mol. The maximum atomic E-state index is 13.8. The number of nitrogens with zero attached hydrogens (tertiary/aromatic N) is 1. The van der Waals surface area contributed by atoms with Crippen molar-refractivity contribution in [2.45, 2.75) is 87.2 Å². The Morgan fingerprint density at radius 3 is 2.32 bits per heavy atom. The third-order valence-corrected chi connectivity index (χ3v) is 8.98. The summed E-state index contributed by atoms with van der Waals surface area (Å²) < 4.78 is 107. The number of sulfonamides is 1. The number of fused-ring (bicyclic) bond motifs is 1. The zero-order valence-electron chi connectivity index (χ0n) is 22.3. The Kier molecular flexibility index (Phi) is 9.70. The van der Waals surface area contributed by atoms with Gasteiger partial charge in [0.05, 0.1) is 22.9 Å². The van der Waals surface area contributed by atoms with Gasteiger partial charge in [0.25, 0.3) is 0 Å². The van der Waals surface area contributed by atoms with E-state index in [0.29, 0.717) is 12.5 Å². The Morgan fingerprint density at radius 1 is 0.951 bits per heavy atom. The van der Waals surface area contributed by atoms with Crippen molar-refractivity contribution in [2.75, 3.05) is 13.1 Å². The standard InChI is InChI=1S/C28H33F6N3O3S/c29-27(30,31)21-8-6-9-22(16-21)41(39,40)36-25(28(32,33)34)17-26(38)35-24-10-5-7-20-15-19(11-12-23(20)24)18-37-13-3-1-2-4-14-37/h6,8-9,11-12,15-16,24-25,36H,1-5,7,10,13-14,17-18H2,(H,35,38)/t24-,25-/m1/s1. The molecule has 2 aromatic carbocycles. The number of halogens is 6. The first-order valence-electron chi connectivity index (χ1n) is 13.6. The van der Waals surface area contributed by atoms with E-state index < -0.39 is 57.2 Å². The van der Waals surface area contributed by atoms with Gasteiger partial charge in [-0.3, -0.25) is 9.69 Å². The molecule has 0 saturated carbocycles. The summed E-state index contributed by atoms with van der Waals surface area (Å²) in [5, 5.41) is 2.61. The van der Waals surface area contributed by atoms with E-state index in [1.54, 1.807) is 0 Å². The lowest BCUT2D eigenvalue weighted by atomic mass is 9.86. The number of hydrogen-bond acceptors (Lipinski definition) is 4. The van der Waals surface area contributed by atoms with Crippen LogP contribution in [0.25, 0.3) is 0 Å². The molecule has 0 bridgehead atoms. The summed E-state index contributed by atoms with van der Waals surface area (Å²) >= 11 is 0. The molecule has 4 rings (SSSR count). The highest BCUT2D eigenvalue weighted by Crippen LogP contribution is 2.33. The third-order valence-electron chi connectivity index (χ3n) is 7.52. The Bertz CT molecular complexity index is 1320. The lowest BCUT2D eigenvalue weighted by molar-refractivity contribution is -0.158. The van der Waals surface area contributed by atoms with Crippen LogP contribution in [0.2, 0.25) is 0 Å². The average Bonchev–Trinajstić information content (AvgIpc) is 3.16. The van der Waals surface area contributed by atoms with Crippen LogP contribution in [0, 0.1) is 0 Å². The molecule has 2 atom stereocenters. The van der Waals surface area contributed by atoms with Crippen LogP contribution in [-0.2, 0) is 34.0 Å². The van der Waals surface area contributed by atoms with E-state index in [-0.39, 0.29) is 6.07 Å². The lowest BCUT2D eigenvalue weighted by Gasteiger charge is -2.29. The Balaban J connectivity index is 1.44. The lowest BCUT2D eigenvalue weighted by Crippen LogP contribution is -2.48. The minimum atomic E-state index is -5.17. The van der Waals surface area contributed by atoms with E-state index in [0.717, 1.165) is 74.1 Å². The molecular formula is C28H33F6N3O3S. The predicted octanol–water partition coefficient (Wildman–Crippen LogP) is 5.87. The van der Waals surface area contributed by atoms with Gasteiger partial charge < -0.3 is 5.32 Å². The Hall–Kier alpha value is -2.64. The number of carbonyl (C=O) groups excluding carboxylic acids is 1. The van der Waals surface area contributed by atoms with E-state index in [1.165, 1.54) is 17.6 Å². The number of alkyl halides is 6. The number of hydrogen-bond donors (Lipinski definition) is 2. The maximum Gasteiger partial charge on any atom is 0.416 e. The first kappa shape index (κ1) is 31.3. The van der Waals surface area contributed by atoms with Gasteiger partial charge in [-0.1, -0.05) is 37.1 Å². The minimum absolute atomic E-state index is 0.246. The molecule has 13 heteroatoms. The van der Waals surface area contributed by atoms with Crippen LogP contribution in [0.4, 0.5) is 26.3 Å². The second-order valence-electron chi connectivity index (χ2n) is 10.7. The molecule has 0 unspecified atom stereocenters. The Morgan fingerprint density at radius 2 is 1.66 bits per heavy atom. The highest BCUT2D eigenvalue weighted by Gasteiger charge is 2.44. The van der Waals surface area contributed by atoms with Gasteiger partial charge in [0.2, 0.25) is 15.9 Å². The van der Waals surface area contributed by atoms with E-state index in [4.69, 9.17) is 0 Å². The van der Waals surface area contributed by atoms with Crippen LogP contribution in [0.5, 0.6) is 0 Å². The van der Waals surface area contributed by atoms with Crippen LogP contribution >= 0.6 is 0 Å². The maximum absolute atomic E-state index is 13.8. The summed E-state index contributed by atoms with van der Waals surface area (Å²) in [4.78, 5) is 14.2. The van der Waals surface area contributed by atoms with Gasteiger partial charge in [-0.25, -0.2) is 8.42 Å². The SMILES string of the molecule is O=C(C[C@@H](NS(=O)(=O)c1cccc(C(F)(F)F)c1)C(F)(F)F)N[C@@H]1CCCc2cc(CN3CCCCCC3)ccc21. The third kappa shape index (κ3) is 8.45. The number of rotatable bonds is 8. The van der Waals surface area contributed by atoms with Crippen molar-refractivity contribution in [1.82, 2.24) is 14.9 Å². The molecule has 1 fully saturated rings. The molecule has 1 amide bonds. The van der Waals surface area contributed by atoms with Crippen molar-refractivity contribution in [3.63, 3.8) is 0 Å². The second-order valence-corrected chi connectivity index (χ2v) is 12.4. The monoisotopic (exact) mass is 605 g/mol. The molecule has 1 saturated heterocycles. The van der Waals surface area contributed by atoms with Gasteiger partial charge in [-0.15, -0.1) is 0 Å². The van der Waals surface area contributed by atoms with Crippen molar-refractivity contribution in [1.29, 1.82) is 0 Å². The fraction of sp³-hybridized carbons (Fsp3) is 0.536. The summed E-state index contributed by atoms with van der Waals surface area (Å²) in [6.07, 6.45) is -4.54. The van der Waals surface area contributed by atoms with Gasteiger partial charge in [-0.05, 0) is 80.1 Å². The zero-order valence-corrected chi connectivity index (χ0v) is 23.1. The fourth-order valence-electron chi connectivity index (χ4n) is 5.43. The fourth-order valence-corrected chi connectivity index (χ4v) is 6.69. The topological polar surface area (TPSA) is 78.5 Å². The molecule has 1 heterocycles. The van der Waals surface area contributed by atoms with Gasteiger partial charge in [0, 0.05) is 6.54 Å². The number of nitrogens with one attached hydrogen (secondary N) is 2. The number of aryl methyl sites for hydroxylation is 1. The molecule has 1 aliphatic carbocycles. The normalized spacial score (nSPS) is 19.7. The summed E-state index contributed by atoms with van der Waals surface area (Å²) in [6.45, 7) is 2.88. The molecule has 0 aromatic heterocycles. The highest BCUT2D eigenvalue weighted by atomic mass is 32.2. The van der Waals surface area contributed by atoms with E-state index in [1.807, 2.05) is 12.1 Å². The smallest absolute Gasteiger partial charge is 0.349 e. The summed E-state index contributed by atoms with van der Waals surface area (Å²) in [5.74, 6) is -1.02. The summed E-state index contributed by atoms with van der Waals surface area (Å²) in [7, 11) is -5.03. The molecule has 226 valence electrons. The van der Waals surface area contributed by atoms with Crippen molar-refractivity contribution >= 4 is 15.9 Å². The second kappa shape index (κ2) is 12.7. The van der Waals surface area contributed by atoms with Gasteiger partial charge in [0.1, 0.15) is 6.04 Å². The van der Waals surface area contributed by atoms with Crippen molar-refractivity contribution in [3.8, 4) is 0 Å². The highest BCUT2D eigenvalue weighted by molar-refractivity contribution is 7.89. The minimum Gasteiger partial charge on any atom is -0.349 e. The number of amides is 1. The molecule has 2 N–H and O–H groups in total. The van der Waals surface area contributed by atoms with Gasteiger partial charge in [0.15, 0.2) is 0 Å². The first-order valence-corrected chi connectivity index (χ1v) is 15.1. The molecule has 1 aliphatic heterocycles. The first-order chi connectivity index (χ1) is 19.2. The predicted molar refractivity (Wildman–Crippen MR) is 140 cm³/mol. The van der Waals surface area contributed by atoms with Crippen LogP contribution in [-0.4, -0.2) is 44.5 Å². The van der Waals surface area contributed by atoms with Crippen LogP contribution in [0.15, 0.2) is 47.4 Å². The van der Waals surface area contributed by atoms with Crippen LogP contribution < -0.4 is 10.0 Å². The molecular weight excluding hydrogens is 572 g/mol. The molecule has 2 aromatic rings. The number of likely N-dealkylation sites (tertiary alicyclic amines) is 1. The summed E-state index contributed by atoms with van der Waals surface area (Å²) in [6, 6.07) is 4.97. The Labute approximate surface area is 235 Å². The number of benzene rings is 2. The molecule has 0 radical (unpaired) electrons. The quantitative estimate of drug-likeness (QED) is 0.369. The molecule has 2 aliphatic rings. The van der Waals surface area contributed by atoms with E-state index >= 15 is 0 Å². The molecule has 6 nitrogen and oxygen atoms in total. The van der Waals surface area contributed by atoms with Gasteiger partial charge >= 0.3 is 12.4 Å². The van der Waals surface area contributed by atoms with E-state index in [2.05, 4.69) is 16.3 Å². The van der Waals surface area contributed by atoms with Crippen molar-refractivity contribution in [3.05, 3.63) is 64.7 Å². The van der Waals surface area contributed by atoms with Crippen LogP contribution in [0.1, 0.15) is 73.2 Å². The molecule has 41 heavy (non-hydrogen) atoms. The zero-order chi connectivity index (χ0) is 29.8.